The highest BCUT2D eigenvalue weighted by Gasteiger charge is 2.16. The van der Waals surface area contributed by atoms with Crippen molar-refractivity contribution in [1.82, 2.24) is 5.43 Å². The molecule has 26 heavy (non-hydrogen) atoms. The van der Waals surface area contributed by atoms with Crippen LogP contribution in [-0.4, -0.2) is 32.9 Å². The van der Waals surface area contributed by atoms with Gasteiger partial charge in [0.25, 0.3) is 5.91 Å². The number of hydrazone groups is 1. The quantitative estimate of drug-likeness (QED) is 0.610. The zero-order valence-electron chi connectivity index (χ0n) is 15.8. The molecule has 0 saturated heterocycles. The Labute approximate surface area is 153 Å². The first-order chi connectivity index (χ1) is 12.5. The molecule has 0 saturated carbocycles. The van der Waals surface area contributed by atoms with Crippen molar-refractivity contribution in [2.45, 2.75) is 20.3 Å². The average molecular weight is 356 g/mol. The van der Waals surface area contributed by atoms with Crippen LogP contribution in [0.15, 0.2) is 41.5 Å². The SMILES string of the molecule is CCc1ccc(/C(C)=N/NC(=O)c2cc(OC)c(OC)c(OC)c2)cc1. The van der Waals surface area contributed by atoms with Crippen LogP contribution in [0.4, 0.5) is 0 Å². The van der Waals surface area contributed by atoms with Gasteiger partial charge in [-0.1, -0.05) is 31.2 Å². The Hall–Kier alpha value is -3.02. The lowest BCUT2D eigenvalue weighted by atomic mass is 10.1. The Kier molecular flexibility index (Phi) is 6.60. The summed E-state index contributed by atoms with van der Waals surface area (Å²) < 4.78 is 15.8. The minimum atomic E-state index is -0.367. The van der Waals surface area contributed by atoms with Gasteiger partial charge in [0.1, 0.15) is 0 Å². The first-order valence-electron chi connectivity index (χ1n) is 8.28. The number of methoxy groups -OCH3 is 3. The molecule has 0 fully saturated rings. The van der Waals surface area contributed by atoms with Crippen LogP contribution in [0, 0.1) is 0 Å². The van der Waals surface area contributed by atoms with E-state index in [-0.39, 0.29) is 5.91 Å². The van der Waals surface area contributed by atoms with Crippen molar-refractivity contribution in [2.24, 2.45) is 5.10 Å². The lowest BCUT2D eigenvalue weighted by Crippen LogP contribution is -2.19. The van der Waals surface area contributed by atoms with Crippen molar-refractivity contribution >= 4 is 11.6 Å². The van der Waals surface area contributed by atoms with Crippen LogP contribution in [0.25, 0.3) is 0 Å². The molecule has 1 amide bonds. The summed E-state index contributed by atoms with van der Waals surface area (Å²) in [5, 5.41) is 4.18. The van der Waals surface area contributed by atoms with E-state index in [2.05, 4.69) is 29.6 Å². The molecule has 0 aliphatic rings. The molecule has 0 spiro atoms. The number of rotatable bonds is 7. The summed E-state index contributed by atoms with van der Waals surface area (Å²) in [6.07, 6.45) is 0.980. The van der Waals surface area contributed by atoms with Gasteiger partial charge in [0.05, 0.1) is 27.0 Å². The molecule has 6 nitrogen and oxygen atoms in total. The molecule has 2 aromatic rings. The largest absolute Gasteiger partial charge is 0.493 e. The van der Waals surface area contributed by atoms with Crippen LogP contribution in [0.5, 0.6) is 17.2 Å². The van der Waals surface area contributed by atoms with Crippen LogP contribution < -0.4 is 19.6 Å². The molecule has 1 N–H and O–H groups in total. The fourth-order valence-corrected chi connectivity index (χ4v) is 2.46. The average Bonchev–Trinajstić information content (AvgIpc) is 2.70. The third-order valence-electron chi connectivity index (χ3n) is 4.03. The molecular formula is C20H24N2O4. The van der Waals surface area contributed by atoms with E-state index >= 15 is 0 Å². The van der Waals surface area contributed by atoms with Crippen LogP contribution >= 0.6 is 0 Å². The van der Waals surface area contributed by atoms with Gasteiger partial charge in [-0.3, -0.25) is 4.79 Å². The summed E-state index contributed by atoms with van der Waals surface area (Å²) >= 11 is 0. The molecule has 0 bridgehead atoms. The van der Waals surface area contributed by atoms with Crippen molar-refractivity contribution in [3.05, 3.63) is 53.1 Å². The predicted octanol–water partition coefficient (Wildman–Crippen LogP) is 3.43. The number of aryl methyl sites for hydroxylation is 1. The molecule has 2 aromatic carbocycles. The van der Waals surface area contributed by atoms with Crippen molar-refractivity contribution in [1.29, 1.82) is 0 Å². The van der Waals surface area contributed by atoms with E-state index in [1.807, 2.05) is 19.1 Å². The predicted molar refractivity (Wildman–Crippen MR) is 102 cm³/mol. The van der Waals surface area contributed by atoms with E-state index in [1.165, 1.54) is 26.9 Å². The molecule has 0 aliphatic carbocycles. The normalized spacial score (nSPS) is 11.0. The van der Waals surface area contributed by atoms with Gasteiger partial charge in [-0.2, -0.15) is 5.10 Å². The van der Waals surface area contributed by atoms with E-state index in [1.54, 1.807) is 12.1 Å². The molecule has 0 atom stereocenters. The standard InChI is InChI=1S/C20H24N2O4/c1-6-14-7-9-15(10-8-14)13(2)21-22-20(23)16-11-17(24-3)19(26-5)18(12-16)25-4/h7-12H,6H2,1-5H3,(H,22,23)/b21-13+. The Morgan fingerprint density at radius 2 is 1.54 bits per heavy atom. The first-order valence-corrected chi connectivity index (χ1v) is 8.28. The minimum Gasteiger partial charge on any atom is -0.493 e. The molecule has 2 rings (SSSR count). The number of hydrogen-bond acceptors (Lipinski definition) is 5. The van der Waals surface area contributed by atoms with Gasteiger partial charge in [0.15, 0.2) is 11.5 Å². The maximum absolute atomic E-state index is 12.4. The number of amides is 1. The van der Waals surface area contributed by atoms with Gasteiger partial charge >= 0.3 is 0 Å². The number of benzene rings is 2. The maximum Gasteiger partial charge on any atom is 0.271 e. The monoisotopic (exact) mass is 356 g/mol. The second-order valence-corrected chi connectivity index (χ2v) is 5.60. The summed E-state index contributed by atoms with van der Waals surface area (Å²) in [5.41, 5.74) is 5.84. The summed E-state index contributed by atoms with van der Waals surface area (Å²) in [4.78, 5) is 12.4. The number of nitrogens with zero attached hydrogens (tertiary/aromatic N) is 1. The Morgan fingerprint density at radius 1 is 0.962 bits per heavy atom. The van der Waals surface area contributed by atoms with Gasteiger partial charge in [-0.25, -0.2) is 5.43 Å². The van der Waals surface area contributed by atoms with E-state index in [0.717, 1.165) is 12.0 Å². The van der Waals surface area contributed by atoms with Crippen molar-refractivity contribution in [2.75, 3.05) is 21.3 Å². The third kappa shape index (κ3) is 4.33. The fourth-order valence-electron chi connectivity index (χ4n) is 2.46. The number of carbonyl (C=O) groups is 1. The highest BCUT2D eigenvalue weighted by molar-refractivity contribution is 6.01. The van der Waals surface area contributed by atoms with Crippen molar-refractivity contribution in [3.8, 4) is 17.2 Å². The zero-order chi connectivity index (χ0) is 19.1. The summed E-state index contributed by atoms with van der Waals surface area (Å²) in [6.45, 7) is 3.95. The van der Waals surface area contributed by atoms with Gasteiger partial charge in [-0.15, -0.1) is 0 Å². The molecule has 0 aromatic heterocycles. The molecule has 0 aliphatic heterocycles. The highest BCUT2D eigenvalue weighted by Crippen LogP contribution is 2.38. The van der Waals surface area contributed by atoms with E-state index in [4.69, 9.17) is 14.2 Å². The number of carbonyl (C=O) groups excluding carboxylic acids is 1. The molecule has 0 unspecified atom stereocenters. The first kappa shape index (κ1) is 19.3. The second kappa shape index (κ2) is 8.89. The Morgan fingerprint density at radius 3 is 2.00 bits per heavy atom. The van der Waals surface area contributed by atoms with E-state index in [9.17, 15) is 4.79 Å². The van der Waals surface area contributed by atoms with Crippen LogP contribution in [0.3, 0.4) is 0 Å². The van der Waals surface area contributed by atoms with E-state index < -0.39 is 0 Å². The molecular weight excluding hydrogens is 332 g/mol. The fraction of sp³-hybridized carbons (Fsp3) is 0.300. The van der Waals surface area contributed by atoms with Crippen LogP contribution in [-0.2, 0) is 6.42 Å². The molecule has 6 heteroatoms. The second-order valence-electron chi connectivity index (χ2n) is 5.60. The zero-order valence-corrected chi connectivity index (χ0v) is 15.8. The van der Waals surface area contributed by atoms with Crippen LogP contribution in [0.2, 0.25) is 0 Å². The topological polar surface area (TPSA) is 69.2 Å². The lowest BCUT2D eigenvalue weighted by Gasteiger charge is -2.13. The lowest BCUT2D eigenvalue weighted by molar-refractivity contribution is 0.0954. The smallest absolute Gasteiger partial charge is 0.271 e. The highest BCUT2D eigenvalue weighted by atomic mass is 16.5. The van der Waals surface area contributed by atoms with Gasteiger partial charge < -0.3 is 14.2 Å². The Bertz CT molecular complexity index is 773. The number of ether oxygens (including phenoxy) is 3. The Balaban J connectivity index is 2.20. The van der Waals surface area contributed by atoms with Crippen LogP contribution in [0.1, 0.15) is 35.3 Å². The molecule has 0 radical (unpaired) electrons. The molecule has 138 valence electrons. The van der Waals surface area contributed by atoms with Crippen molar-refractivity contribution in [3.63, 3.8) is 0 Å². The summed E-state index contributed by atoms with van der Waals surface area (Å²) in [7, 11) is 4.51. The van der Waals surface area contributed by atoms with Crippen molar-refractivity contribution < 1.29 is 19.0 Å². The molecule has 0 heterocycles. The maximum atomic E-state index is 12.4. The van der Waals surface area contributed by atoms with E-state index in [0.29, 0.717) is 28.5 Å². The number of nitrogens with one attached hydrogen (secondary N) is 1. The number of hydrogen-bond donors (Lipinski definition) is 1. The summed E-state index contributed by atoms with van der Waals surface area (Å²) in [6, 6.07) is 11.2. The van der Waals surface area contributed by atoms with Gasteiger partial charge in [0.2, 0.25) is 5.75 Å². The van der Waals surface area contributed by atoms with Gasteiger partial charge in [-0.05, 0) is 36.6 Å². The van der Waals surface area contributed by atoms with Gasteiger partial charge in [0, 0.05) is 5.56 Å². The third-order valence-corrected chi connectivity index (χ3v) is 4.03. The minimum absolute atomic E-state index is 0.359. The summed E-state index contributed by atoms with van der Waals surface area (Å²) in [5.74, 6) is 0.886.